The van der Waals surface area contributed by atoms with Crippen LogP contribution in [0.2, 0.25) is 0 Å². The van der Waals surface area contributed by atoms with Gasteiger partial charge in [-0.1, -0.05) is 19.9 Å². The Hall–Kier alpha value is -3.61. The summed E-state index contributed by atoms with van der Waals surface area (Å²) in [6.07, 6.45) is 0.785. The summed E-state index contributed by atoms with van der Waals surface area (Å²) in [4.78, 5) is 20.8. The third kappa shape index (κ3) is 6.29. The van der Waals surface area contributed by atoms with Crippen molar-refractivity contribution in [3.63, 3.8) is 0 Å². The normalized spacial score (nSPS) is 21.5. The molecule has 0 spiro atoms. The molecule has 2 atom stereocenters. The molecule has 1 fully saturated rings. The highest BCUT2D eigenvalue weighted by Crippen LogP contribution is 2.41. The zero-order valence-electron chi connectivity index (χ0n) is 19.7. The van der Waals surface area contributed by atoms with Gasteiger partial charge in [-0.05, 0) is 61.8 Å². The van der Waals surface area contributed by atoms with Crippen molar-refractivity contribution in [2.24, 2.45) is 16.3 Å². The predicted octanol–water partition coefficient (Wildman–Crippen LogP) is 6.14. The summed E-state index contributed by atoms with van der Waals surface area (Å²) >= 11 is 0. The van der Waals surface area contributed by atoms with E-state index in [9.17, 15) is 28.3 Å². The predicted molar refractivity (Wildman–Crippen MR) is 127 cm³/mol. The molecule has 0 aliphatic heterocycles. The molecule has 1 aliphatic carbocycles. The Kier molecular flexibility index (Phi) is 7.68. The van der Waals surface area contributed by atoms with Gasteiger partial charge in [0, 0.05) is 25.0 Å². The fraction of sp³-hybridized carbons (Fsp3) is 0.440. The van der Waals surface area contributed by atoms with Crippen LogP contribution in [-0.4, -0.2) is 44.1 Å². The molecule has 2 aromatic rings. The topological polar surface area (TPSA) is 94.5 Å². The van der Waals surface area contributed by atoms with E-state index in [0.717, 1.165) is 47.8 Å². The molecule has 0 bridgehead atoms. The third-order valence-electron chi connectivity index (χ3n) is 6.45. The number of hydrogen-bond acceptors (Lipinski definition) is 4. The van der Waals surface area contributed by atoms with Gasteiger partial charge in [-0.2, -0.15) is 18.4 Å². The number of allylic oxidation sites excluding steroid dienone is 2. The van der Waals surface area contributed by atoms with Crippen LogP contribution in [0.15, 0.2) is 54.1 Å². The van der Waals surface area contributed by atoms with Crippen molar-refractivity contribution >= 4 is 22.8 Å². The highest BCUT2D eigenvalue weighted by molar-refractivity contribution is 5.99. The lowest BCUT2D eigenvalue weighted by Gasteiger charge is -2.40. The molecule has 1 aromatic carbocycles. The molecule has 2 unspecified atom stereocenters. The Labute approximate surface area is 201 Å². The zero-order valence-corrected chi connectivity index (χ0v) is 19.7. The molecular weight excluding hydrogens is 459 g/mol. The molecule has 1 amide bonds. The molecule has 0 radical (unpaired) electrons. The molecule has 1 aromatic heterocycles. The van der Waals surface area contributed by atoms with Crippen molar-refractivity contribution in [1.29, 1.82) is 5.26 Å². The molecule has 1 heterocycles. The quantitative estimate of drug-likeness (QED) is 0.475. The Bertz CT molecular complexity index is 1210. The number of alkyl halides is 3. The Morgan fingerprint density at radius 2 is 2.23 bits per heavy atom. The van der Waals surface area contributed by atoms with Gasteiger partial charge >= 0.3 is 12.3 Å². The van der Waals surface area contributed by atoms with Gasteiger partial charge in [0.05, 0.1) is 29.0 Å². The average Bonchev–Trinajstić information content (AvgIpc) is 3.17. The Morgan fingerprint density at radius 3 is 2.86 bits per heavy atom. The number of rotatable bonds is 7. The zero-order chi connectivity index (χ0) is 25.8. The lowest BCUT2D eigenvalue weighted by atomic mass is 9.70. The number of hydrogen-bond donors (Lipinski definition) is 1. The van der Waals surface area contributed by atoms with Crippen LogP contribution in [0.25, 0.3) is 11.0 Å². The Morgan fingerprint density at radius 1 is 1.49 bits per heavy atom. The van der Waals surface area contributed by atoms with E-state index >= 15 is 0 Å². The second-order valence-corrected chi connectivity index (χ2v) is 9.34. The molecule has 35 heavy (non-hydrogen) atoms. The SMILES string of the molecule is C=CC(=N/C=C(\C)N(CC1CCCC(C)(Cn2cnc3ccc(C#N)cc32)C1)C(=O)O)C(F)(F)F. The van der Waals surface area contributed by atoms with E-state index in [1.165, 1.54) is 6.92 Å². The first-order chi connectivity index (χ1) is 16.5. The highest BCUT2D eigenvalue weighted by atomic mass is 19.4. The van der Waals surface area contributed by atoms with Crippen molar-refractivity contribution in [3.05, 3.63) is 54.6 Å². The lowest BCUT2D eigenvalue weighted by molar-refractivity contribution is -0.0576. The number of aromatic nitrogens is 2. The number of nitriles is 1. The molecule has 3 rings (SSSR count). The molecule has 10 heteroatoms. The van der Waals surface area contributed by atoms with Crippen LogP contribution < -0.4 is 0 Å². The van der Waals surface area contributed by atoms with Crippen LogP contribution in [0, 0.1) is 22.7 Å². The van der Waals surface area contributed by atoms with E-state index in [1.54, 1.807) is 12.4 Å². The minimum absolute atomic E-state index is 0.0307. The maximum atomic E-state index is 12.9. The van der Waals surface area contributed by atoms with Gasteiger partial charge in [0.1, 0.15) is 5.71 Å². The number of carbonyl (C=O) groups is 1. The van der Waals surface area contributed by atoms with Crippen LogP contribution in [0.1, 0.15) is 45.1 Å². The summed E-state index contributed by atoms with van der Waals surface area (Å²) in [6.45, 7) is 7.53. The first kappa shape index (κ1) is 26.0. The van der Waals surface area contributed by atoms with Crippen molar-refractivity contribution in [2.75, 3.05) is 6.54 Å². The second kappa shape index (κ2) is 10.3. The number of fused-ring (bicyclic) bond motifs is 1. The van der Waals surface area contributed by atoms with Crippen molar-refractivity contribution in [3.8, 4) is 6.07 Å². The standard InChI is InChI=1S/C25H28F3N5O2/c1-4-22(25(26,27)28)30-13-17(2)33(23(34)35)14-19-6-5-9-24(3,11-19)15-32-16-31-20-8-7-18(12-29)10-21(20)32/h4,7-8,10,13,16,19H,1,5-6,9,11,14-15H2,2-3H3,(H,34,35)/b17-13+,30-22?. The number of imidazole rings is 1. The van der Waals surface area contributed by atoms with Crippen LogP contribution in [0.4, 0.5) is 18.0 Å². The first-order valence-corrected chi connectivity index (χ1v) is 11.3. The molecule has 1 saturated carbocycles. The minimum atomic E-state index is -4.66. The fourth-order valence-electron chi connectivity index (χ4n) is 4.79. The number of benzene rings is 1. The van der Waals surface area contributed by atoms with Crippen LogP contribution in [0.5, 0.6) is 0 Å². The van der Waals surface area contributed by atoms with Crippen molar-refractivity contribution in [1.82, 2.24) is 14.5 Å². The summed E-state index contributed by atoms with van der Waals surface area (Å²) in [5.41, 5.74) is 1.02. The summed E-state index contributed by atoms with van der Waals surface area (Å²) in [5.74, 6) is 0.0307. The van der Waals surface area contributed by atoms with Crippen LogP contribution in [-0.2, 0) is 6.54 Å². The second-order valence-electron chi connectivity index (χ2n) is 9.34. The van der Waals surface area contributed by atoms with Crippen LogP contribution in [0.3, 0.4) is 0 Å². The largest absolute Gasteiger partial charge is 0.465 e. The molecular formula is C25H28F3N5O2. The molecule has 7 nitrogen and oxygen atoms in total. The number of aliphatic imine (C=N–C) groups is 1. The van der Waals surface area contributed by atoms with E-state index in [1.807, 2.05) is 16.7 Å². The van der Waals surface area contributed by atoms with E-state index in [0.29, 0.717) is 18.2 Å². The van der Waals surface area contributed by atoms with Gasteiger partial charge in [0.15, 0.2) is 0 Å². The van der Waals surface area contributed by atoms with E-state index < -0.39 is 18.0 Å². The molecule has 186 valence electrons. The third-order valence-corrected chi connectivity index (χ3v) is 6.45. The Balaban J connectivity index is 1.76. The maximum absolute atomic E-state index is 12.9. The monoisotopic (exact) mass is 487 g/mol. The van der Waals surface area contributed by atoms with Crippen LogP contribution >= 0.6 is 0 Å². The van der Waals surface area contributed by atoms with Gasteiger partial charge < -0.3 is 9.67 Å². The number of halogens is 3. The van der Waals surface area contributed by atoms with Gasteiger partial charge in [0.2, 0.25) is 0 Å². The molecule has 0 saturated heterocycles. The van der Waals surface area contributed by atoms with Crippen molar-refractivity contribution < 1.29 is 23.1 Å². The fourth-order valence-corrected chi connectivity index (χ4v) is 4.79. The van der Waals surface area contributed by atoms with E-state index in [-0.39, 0.29) is 23.6 Å². The number of carboxylic acid groups (broad SMARTS) is 1. The summed E-state index contributed by atoms with van der Waals surface area (Å²) in [5, 5.41) is 18.9. The average molecular weight is 488 g/mol. The first-order valence-electron chi connectivity index (χ1n) is 11.3. The summed E-state index contributed by atoms with van der Waals surface area (Å²) in [7, 11) is 0. The maximum Gasteiger partial charge on any atom is 0.433 e. The summed E-state index contributed by atoms with van der Waals surface area (Å²) in [6, 6.07) is 7.50. The van der Waals surface area contributed by atoms with Gasteiger partial charge in [-0.25, -0.2) is 14.8 Å². The molecule has 1 aliphatic rings. The lowest BCUT2D eigenvalue weighted by Crippen LogP contribution is -2.38. The number of nitrogens with zero attached hydrogens (tertiary/aromatic N) is 5. The summed E-state index contributed by atoms with van der Waals surface area (Å²) < 4.78 is 40.7. The smallest absolute Gasteiger partial charge is 0.433 e. The van der Waals surface area contributed by atoms with Gasteiger partial charge in [0.25, 0.3) is 0 Å². The highest BCUT2D eigenvalue weighted by Gasteiger charge is 2.35. The van der Waals surface area contributed by atoms with Crippen molar-refractivity contribution in [2.45, 2.75) is 52.3 Å². The minimum Gasteiger partial charge on any atom is -0.465 e. The number of amides is 1. The molecule has 1 N–H and O–H groups in total. The van der Waals surface area contributed by atoms with E-state index in [2.05, 4.69) is 29.5 Å². The van der Waals surface area contributed by atoms with E-state index in [4.69, 9.17) is 0 Å². The van der Waals surface area contributed by atoms with Gasteiger partial charge in [-0.3, -0.25) is 4.90 Å². The van der Waals surface area contributed by atoms with Gasteiger partial charge in [-0.15, -0.1) is 0 Å².